The molecule has 0 aliphatic rings. The summed E-state index contributed by atoms with van der Waals surface area (Å²) in [6, 6.07) is 4.50. The van der Waals surface area contributed by atoms with Crippen molar-refractivity contribution in [3.05, 3.63) is 33.9 Å². The van der Waals surface area contributed by atoms with Gasteiger partial charge in [-0.05, 0) is 30.4 Å². The van der Waals surface area contributed by atoms with Gasteiger partial charge in [0.2, 0.25) is 0 Å². The molecule has 0 saturated carbocycles. The van der Waals surface area contributed by atoms with Gasteiger partial charge in [0.15, 0.2) is 0 Å². The summed E-state index contributed by atoms with van der Waals surface area (Å²) in [4.78, 5) is 21.5. The van der Waals surface area contributed by atoms with E-state index < -0.39 is 16.8 Å². The highest BCUT2D eigenvalue weighted by atomic mass is 16.6. The molecule has 1 aromatic rings. The summed E-state index contributed by atoms with van der Waals surface area (Å²) in [6.07, 6.45) is 0.557. The van der Waals surface area contributed by atoms with Crippen molar-refractivity contribution in [1.29, 1.82) is 0 Å². The fourth-order valence-corrected chi connectivity index (χ4v) is 2.18. The highest BCUT2D eigenvalue weighted by Gasteiger charge is 2.24. The van der Waals surface area contributed by atoms with Gasteiger partial charge in [-0.2, -0.15) is 0 Å². The number of rotatable bonds is 6. The fourth-order valence-electron chi connectivity index (χ4n) is 2.18. The second-order valence-electron chi connectivity index (χ2n) is 6.44. The van der Waals surface area contributed by atoms with Crippen molar-refractivity contribution >= 4 is 17.3 Å². The number of non-ortho nitro benzene ring substituents is 1. The van der Waals surface area contributed by atoms with Crippen molar-refractivity contribution in [3.63, 3.8) is 0 Å². The number of anilines is 1. The van der Waals surface area contributed by atoms with Crippen LogP contribution in [0.25, 0.3) is 0 Å². The number of benzene rings is 1. The predicted octanol–water partition coefficient (Wildman–Crippen LogP) is 3.45. The van der Waals surface area contributed by atoms with Crippen molar-refractivity contribution in [1.82, 2.24) is 0 Å². The Morgan fingerprint density at radius 2 is 2.05 bits per heavy atom. The molecule has 0 radical (unpaired) electrons. The number of carbonyl (C=O) groups is 1. The maximum absolute atomic E-state index is 11.3. The Morgan fingerprint density at radius 3 is 2.48 bits per heavy atom. The van der Waals surface area contributed by atoms with Crippen molar-refractivity contribution in [3.8, 4) is 0 Å². The topological polar surface area (TPSA) is 92.5 Å². The third kappa shape index (κ3) is 5.41. The molecular weight excluding hydrogens is 272 g/mol. The first-order valence-corrected chi connectivity index (χ1v) is 6.82. The van der Waals surface area contributed by atoms with E-state index in [4.69, 9.17) is 0 Å². The molecule has 21 heavy (non-hydrogen) atoms. The van der Waals surface area contributed by atoms with Crippen molar-refractivity contribution < 1.29 is 14.8 Å². The van der Waals surface area contributed by atoms with Gasteiger partial charge in [-0.3, -0.25) is 14.9 Å². The average Bonchev–Trinajstić information content (AvgIpc) is 2.33. The van der Waals surface area contributed by atoms with E-state index in [0.717, 1.165) is 11.3 Å². The Bertz CT molecular complexity index is 535. The van der Waals surface area contributed by atoms with Crippen LogP contribution in [-0.4, -0.2) is 22.5 Å². The average molecular weight is 294 g/mol. The number of aryl methyl sites for hydroxylation is 1. The summed E-state index contributed by atoms with van der Waals surface area (Å²) in [5, 5.41) is 23.0. The number of nitro benzene ring substituents is 1. The molecule has 2 N–H and O–H groups in total. The molecule has 0 amide bonds. The second-order valence-corrected chi connectivity index (χ2v) is 6.44. The maximum Gasteiger partial charge on any atom is 0.308 e. The third-order valence-corrected chi connectivity index (χ3v) is 3.17. The second kappa shape index (κ2) is 6.56. The molecule has 116 valence electrons. The summed E-state index contributed by atoms with van der Waals surface area (Å²) >= 11 is 0. The number of nitrogens with zero attached hydrogens (tertiary/aromatic N) is 1. The lowest BCUT2D eigenvalue weighted by atomic mass is 9.84. The van der Waals surface area contributed by atoms with Gasteiger partial charge < -0.3 is 10.4 Å². The number of aliphatic carboxylic acids is 1. The Kier molecular flexibility index (Phi) is 5.29. The summed E-state index contributed by atoms with van der Waals surface area (Å²) in [5.41, 5.74) is 1.40. The van der Waals surface area contributed by atoms with Crippen molar-refractivity contribution in [2.75, 3.05) is 11.9 Å². The van der Waals surface area contributed by atoms with Gasteiger partial charge in [-0.1, -0.05) is 20.8 Å². The summed E-state index contributed by atoms with van der Waals surface area (Å²) in [5.74, 6) is -1.34. The van der Waals surface area contributed by atoms with E-state index in [9.17, 15) is 20.0 Å². The van der Waals surface area contributed by atoms with Crippen LogP contribution in [-0.2, 0) is 4.79 Å². The van der Waals surface area contributed by atoms with Crippen LogP contribution in [0.3, 0.4) is 0 Å². The summed E-state index contributed by atoms with van der Waals surface area (Å²) in [7, 11) is 0. The SMILES string of the molecule is Cc1cc([N+](=O)[O-])ccc1NCC(CC(C)(C)C)C(=O)O. The molecule has 0 spiro atoms. The zero-order valence-corrected chi connectivity index (χ0v) is 12.8. The van der Waals surface area contributed by atoms with Gasteiger partial charge >= 0.3 is 5.97 Å². The minimum Gasteiger partial charge on any atom is -0.481 e. The molecule has 0 aliphatic heterocycles. The number of carboxylic acid groups (broad SMARTS) is 1. The Labute approximate surface area is 124 Å². The van der Waals surface area contributed by atoms with Gasteiger partial charge in [0.1, 0.15) is 0 Å². The zero-order chi connectivity index (χ0) is 16.2. The normalized spacial score (nSPS) is 12.8. The first-order chi connectivity index (χ1) is 9.60. The van der Waals surface area contributed by atoms with E-state index in [-0.39, 0.29) is 11.1 Å². The molecular formula is C15H22N2O4. The minimum atomic E-state index is -0.836. The van der Waals surface area contributed by atoms with Gasteiger partial charge in [-0.25, -0.2) is 0 Å². The maximum atomic E-state index is 11.3. The van der Waals surface area contributed by atoms with Gasteiger partial charge in [-0.15, -0.1) is 0 Å². The number of nitro groups is 1. The number of nitrogens with one attached hydrogen (secondary N) is 1. The first kappa shape index (κ1) is 16.9. The Morgan fingerprint density at radius 1 is 1.43 bits per heavy atom. The van der Waals surface area contributed by atoms with Crippen LogP contribution in [0.15, 0.2) is 18.2 Å². The molecule has 6 nitrogen and oxygen atoms in total. The monoisotopic (exact) mass is 294 g/mol. The molecule has 0 bridgehead atoms. The van der Waals surface area contributed by atoms with Gasteiger partial charge in [0.05, 0.1) is 10.8 Å². The molecule has 6 heteroatoms. The highest BCUT2D eigenvalue weighted by molar-refractivity contribution is 5.71. The van der Waals surface area contributed by atoms with E-state index in [0.29, 0.717) is 13.0 Å². The third-order valence-electron chi connectivity index (χ3n) is 3.17. The summed E-state index contributed by atoms with van der Waals surface area (Å²) < 4.78 is 0. The van der Waals surface area contributed by atoms with Crippen LogP contribution < -0.4 is 5.32 Å². The number of hydrogen-bond acceptors (Lipinski definition) is 4. The molecule has 1 rings (SSSR count). The van der Waals surface area contributed by atoms with Gasteiger partial charge in [0.25, 0.3) is 5.69 Å². The van der Waals surface area contributed by atoms with Crippen molar-refractivity contribution in [2.24, 2.45) is 11.3 Å². The lowest BCUT2D eigenvalue weighted by Gasteiger charge is -2.24. The van der Waals surface area contributed by atoms with Crippen LogP contribution in [0.2, 0.25) is 0 Å². The highest BCUT2D eigenvalue weighted by Crippen LogP contribution is 2.26. The first-order valence-electron chi connectivity index (χ1n) is 6.82. The molecule has 1 aromatic carbocycles. The Balaban J connectivity index is 2.77. The number of carboxylic acids is 1. The van der Waals surface area contributed by atoms with Crippen LogP contribution >= 0.6 is 0 Å². The standard InChI is InChI=1S/C15H22N2O4/c1-10-7-12(17(20)21)5-6-13(10)16-9-11(14(18)19)8-15(2,3)4/h5-7,11,16H,8-9H2,1-4H3,(H,18,19). The smallest absolute Gasteiger partial charge is 0.308 e. The lowest BCUT2D eigenvalue weighted by molar-refractivity contribution is -0.384. The van der Waals surface area contributed by atoms with Crippen LogP contribution in [0.4, 0.5) is 11.4 Å². The summed E-state index contributed by atoms with van der Waals surface area (Å²) in [6.45, 7) is 8.06. The van der Waals surface area contributed by atoms with Crippen LogP contribution in [0.5, 0.6) is 0 Å². The molecule has 0 heterocycles. The van der Waals surface area contributed by atoms with E-state index >= 15 is 0 Å². The van der Waals surface area contributed by atoms with E-state index in [1.165, 1.54) is 12.1 Å². The minimum absolute atomic E-state index is 0.0301. The van der Waals surface area contributed by atoms with E-state index in [1.54, 1.807) is 13.0 Å². The lowest BCUT2D eigenvalue weighted by Crippen LogP contribution is -2.27. The van der Waals surface area contributed by atoms with Crippen LogP contribution in [0.1, 0.15) is 32.8 Å². The zero-order valence-electron chi connectivity index (χ0n) is 12.8. The van der Waals surface area contributed by atoms with E-state index in [1.807, 2.05) is 20.8 Å². The molecule has 1 unspecified atom stereocenters. The predicted molar refractivity (Wildman–Crippen MR) is 81.5 cm³/mol. The molecule has 0 saturated heterocycles. The molecule has 0 fully saturated rings. The van der Waals surface area contributed by atoms with Crippen molar-refractivity contribution in [2.45, 2.75) is 34.1 Å². The van der Waals surface area contributed by atoms with Gasteiger partial charge in [0, 0.05) is 24.4 Å². The molecule has 0 aliphatic carbocycles. The fraction of sp³-hybridized carbons (Fsp3) is 0.533. The van der Waals surface area contributed by atoms with E-state index in [2.05, 4.69) is 5.32 Å². The molecule has 1 atom stereocenters. The largest absolute Gasteiger partial charge is 0.481 e. The quantitative estimate of drug-likeness (QED) is 0.619. The number of hydrogen-bond donors (Lipinski definition) is 2. The molecule has 0 aromatic heterocycles. The Hall–Kier alpha value is -2.11. The van der Waals surface area contributed by atoms with Crippen LogP contribution in [0, 0.1) is 28.4 Å².